The van der Waals surface area contributed by atoms with Gasteiger partial charge in [-0.3, -0.25) is 0 Å². The smallest absolute Gasteiger partial charge is 0.125 e. The van der Waals surface area contributed by atoms with Gasteiger partial charge < -0.3 is 15.8 Å². The van der Waals surface area contributed by atoms with E-state index in [1.165, 1.54) is 0 Å². The number of nitrogens with two attached hydrogens (primary N) is 1. The van der Waals surface area contributed by atoms with Crippen LogP contribution in [-0.4, -0.2) is 24.2 Å². The van der Waals surface area contributed by atoms with E-state index in [4.69, 9.17) is 10.5 Å². The molecule has 0 saturated carbocycles. The molecule has 0 aromatic carbocycles. The molecule has 76 valence electrons. The minimum atomic E-state index is 0.382. The van der Waals surface area contributed by atoms with Gasteiger partial charge in [-0.2, -0.15) is 0 Å². The van der Waals surface area contributed by atoms with Crippen molar-refractivity contribution in [3.8, 4) is 0 Å². The van der Waals surface area contributed by atoms with Gasteiger partial charge in [-0.25, -0.2) is 4.98 Å². The standard InChI is InChI=1S/C9H12BrN3O/c10-7-4-12-9(11)3-8(7)13-6-1-2-14-5-6/h3-4,6H,1-2,5H2,(H3,11,12,13). The van der Waals surface area contributed by atoms with Crippen LogP contribution in [0.1, 0.15) is 6.42 Å². The normalized spacial score (nSPS) is 21.1. The number of nitrogens with zero attached hydrogens (tertiary/aromatic N) is 1. The molecule has 1 atom stereocenters. The predicted molar refractivity (Wildman–Crippen MR) is 59.2 cm³/mol. The molecule has 0 aliphatic carbocycles. The Balaban J connectivity index is 2.10. The molecule has 14 heavy (non-hydrogen) atoms. The van der Waals surface area contributed by atoms with Crippen LogP contribution in [0, 0.1) is 0 Å². The summed E-state index contributed by atoms with van der Waals surface area (Å²) in [6.07, 6.45) is 2.74. The maximum atomic E-state index is 5.60. The summed E-state index contributed by atoms with van der Waals surface area (Å²) in [5.41, 5.74) is 6.58. The fourth-order valence-corrected chi connectivity index (χ4v) is 1.77. The van der Waals surface area contributed by atoms with E-state index in [0.717, 1.165) is 29.8 Å². The number of hydrogen-bond acceptors (Lipinski definition) is 4. The molecule has 1 fully saturated rings. The van der Waals surface area contributed by atoms with E-state index in [2.05, 4.69) is 26.2 Å². The van der Waals surface area contributed by atoms with Gasteiger partial charge in [-0.1, -0.05) is 0 Å². The zero-order valence-corrected chi connectivity index (χ0v) is 9.25. The molecule has 1 aliphatic heterocycles. The van der Waals surface area contributed by atoms with Crippen molar-refractivity contribution in [2.24, 2.45) is 0 Å². The second-order valence-corrected chi connectivity index (χ2v) is 4.15. The minimum absolute atomic E-state index is 0.382. The summed E-state index contributed by atoms with van der Waals surface area (Å²) in [7, 11) is 0. The summed E-state index contributed by atoms with van der Waals surface area (Å²) in [4.78, 5) is 3.97. The van der Waals surface area contributed by atoms with E-state index in [1.807, 2.05) is 6.07 Å². The van der Waals surface area contributed by atoms with Crippen LogP contribution in [0.3, 0.4) is 0 Å². The Bertz CT molecular complexity index is 326. The lowest BCUT2D eigenvalue weighted by Crippen LogP contribution is -2.19. The summed E-state index contributed by atoms with van der Waals surface area (Å²) in [6.45, 7) is 1.59. The van der Waals surface area contributed by atoms with Gasteiger partial charge in [0.2, 0.25) is 0 Å². The summed E-state index contributed by atoms with van der Waals surface area (Å²) in [5.74, 6) is 0.523. The maximum Gasteiger partial charge on any atom is 0.125 e. The van der Waals surface area contributed by atoms with Crippen molar-refractivity contribution in [1.29, 1.82) is 0 Å². The van der Waals surface area contributed by atoms with Crippen LogP contribution in [0.4, 0.5) is 11.5 Å². The molecule has 0 radical (unpaired) electrons. The van der Waals surface area contributed by atoms with Gasteiger partial charge in [-0.15, -0.1) is 0 Å². The Kier molecular flexibility index (Phi) is 2.88. The molecule has 1 aliphatic rings. The molecule has 4 nitrogen and oxygen atoms in total. The minimum Gasteiger partial charge on any atom is -0.384 e. The fraction of sp³-hybridized carbons (Fsp3) is 0.444. The van der Waals surface area contributed by atoms with Crippen LogP contribution in [0.2, 0.25) is 0 Å². The van der Waals surface area contributed by atoms with E-state index in [1.54, 1.807) is 6.20 Å². The van der Waals surface area contributed by atoms with E-state index in [9.17, 15) is 0 Å². The number of hydrogen-bond donors (Lipinski definition) is 2. The van der Waals surface area contributed by atoms with E-state index < -0.39 is 0 Å². The molecule has 1 aromatic heterocycles. The van der Waals surface area contributed by atoms with Gasteiger partial charge >= 0.3 is 0 Å². The van der Waals surface area contributed by atoms with Gasteiger partial charge in [0.25, 0.3) is 0 Å². The largest absolute Gasteiger partial charge is 0.384 e. The Morgan fingerprint density at radius 1 is 1.64 bits per heavy atom. The van der Waals surface area contributed by atoms with Crippen molar-refractivity contribution in [3.05, 3.63) is 16.7 Å². The van der Waals surface area contributed by atoms with Crippen LogP contribution in [-0.2, 0) is 4.74 Å². The van der Waals surface area contributed by atoms with Crippen molar-refractivity contribution >= 4 is 27.4 Å². The van der Waals surface area contributed by atoms with E-state index in [0.29, 0.717) is 11.9 Å². The lowest BCUT2D eigenvalue weighted by molar-refractivity contribution is 0.195. The number of ether oxygens (including phenoxy) is 1. The number of nitrogens with one attached hydrogen (secondary N) is 1. The lowest BCUT2D eigenvalue weighted by Gasteiger charge is -2.13. The average molecular weight is 258 g/mol. The van der Waals surface area contributed by atoms with Gasteiger partial charge in [0.1, 0.15) is 5.82 Å². The van der Waals surface area contributed by atoms with Gasteiger partial charge in [0, 0.05) is 18.9 Å². The molecule has 1 saturated heterocycles. The molecular weight excluding hydrogens is 246 g/mol. The van der Waals surface area contributed by atoms with Crippen molar-refractivity contribution in [2.45, 2.75) is 12.5 Å². The summed E-state index contributed by atoms with van der Waals surface area (Å²) < 4.78 is 6.20. The Labute approximate surface area is 91.0 Å². The number of rotatable bonds is 2. The summed E-state index contributed by atoms with van der Waals surface area (Å²) in [6, 6.07) is 2.20. The number of aromatic nitrogens is 1. The summed E-state index contributed by atoms with van der Waals surface area (Å²) in [5, 5.41) is 3.36. The number of halogens is 1. The zero-order chi connectivity index (χ0) is 9.97. The highest BCUT2D eigenvalue weighted by molar-refractivity contribution is 9.10. The molecule has 2 rings (SSSR count). The summed E-state index contributed by atoms with van der Waals surface area (Å²) >= 11 is 3.42. The topological polar surface area (TPSA) is 60.2 Å². The highest BCUT2D eigenvalue weighted by Gasteiger charge is 2.16. The molecule has 0 amide bonds. The highest BCUT2D eigenvalue weighted by atomic mass is 79.9. The van der Waals surface area contributed by atoms with Crippen molar-refractivity contribution < 1.29 is 4.74 Å². The number of anilines is 2. The molecule has 1 aromatic rings. The second-order valence-electron chi connectivity index (χ2n) is 3.29. The quantitative estimate of drug-likeness (QED) is 0.846. The molecule has 5 heteroatoms. The third-order valence-electron chi connectivity index (χ3n) is 2.17. The third kappa shape index (κ3) is 2.16. The maximum absolute atomic E-state index is 5.60. The number of pyridine rings is 1. The van der Waals surface area contributed by atoms with Crippen molar-refractivity contribution in [1.82, 2.24) is 4.98 Å². The van der Waals surface area contributed by atoms with Crippen LogP contribution < -0.4 is 11.1 Å². The SMILES string of the molecule is Nc1cc(NC2CCOC2)c(Br)cn1. The molecule has 3 N–H and O–H groups in total. The number of nitrogen functional groups attached to an aromatic ring is 1. The second kappa shape index (κ2) is 4.14. The first-order chi connectivity index (χ1) is 6.75. The van der Waals surface area contributed by atoms with Crippen LogP contribution >= 0.6 is 15.9 Å². The lowest BCUT2D eigenvalue weighted by atomic mass is 10.2. The van der Waals surface area contributed by atoms with Crippen molar-refractivity contribution in [2.75, 3.05) is 24.3 Å². The monoisotopic (exact) mass is 257 g/mol. The first-order valence-electron chi connectivity index (χ1n) is 4.51. The van der Waals surface area contributed by atoms with Gasteiger partial charge in [0.05, 0.1) is 22.8 Å². The fourth-order valence-electron chi connectivity index (χ4n) is 1.43. The Morgan fingerprint density at radius 2 is 2.50 bits per heavy atom. The predicted octanol–water partition coefficient (Wildman–Crippen LogP) is 1.63. The molecule has 1 unspecified atom stereocenters. The third-order valence-corrected chi connectivity index (χ3v) is 2.80. The Hall–Kier alpha value is -0.810. The molecule has 0 spiro atoms. The van der Waals surface area contributed by atoms with Crippen LogP contribution in [0.15, 0.2) is 16.7 Å². The zero-order valence-electron chi connectivity index (χ0n) is 7.66. The van der Waals surface area contributed by atoms with Gasteiger partial charge in [-0.05, 0) is 22.4 Å². The Morgan fingerprint density at radius 3 is 3.21 bits per heavy atom. The van der Waals surface area contributed by atoms with Crippen LogP contribution in [0.5, 0.6) is 0 Å². The van der Waals surface area contributed by atoms with Gasteiger partial charge in [0.15, 0.2) is 0 Å². The molecule has 0 bridgehead atoms. The van der Waals surface area contributed by atoms with E-state index in [-0.39, 0.29) is 0 Å². The average Bonchev–Trinajstić information content (AvgIpc) is 2.64. The molecule has 2 heterocycles. The van der Waals surface area contributed by atoms with Crippen LogP contribution in [0.25, 0.3) is 0 Å². The first kappa shape index (κ1) is 9.73. The van der Waals surface area contributed by atoms with Crippen molar-refractivity contribution in [3.63, 3.8) is 0 Å². The highest BCUT2D eigenvalue weighted by Crippen LogP contribution is 2.24. The van der Waals surface area contributed by atoms with E-state index >= 15 is 0 Å². The molecular formula is C9H12BrN3O. The first-order valence-corrected chi connectivity index (χ1v) is 5.30.